The number of aliphatic imine (C=N–C) groups is 1. The monoisotopic (exact) mass is 606 g/mol. The number of urea groups is 1. The van der Waals surface area contributed by atoms with Gasteiger partial charge in [-0.1, -0.05) is 61.2 Å². The zero-order valence-corrected chi connectivity index (χ0v) is 23.8. The van der Waals surface area contributed by atoms with Crippen LogP contribution in [0.3, 0.4) is 0 Å². The fraction of sp³-hybridized carbons (Fsp3) is 0.167. The quantitative estimate of drug-likeness (QED) is 0.254. The van der Waals surface area contributed by atoms with Gasteiger partial charge in [-0.2, -0.15) is 4.99 Å². The molecule has 5 rings (SSSR count). The molecule has 1 aliphatic heterocycles. The van der Waals surface area contributed by atoms with Crippen molar-refractivity contribution < 1.29 is 27.5 Å². The Kier molecular flexibility index (Phi) is 8.62. The Morgan fingerprint density at radius 2 is 1.81 bits per heavy atom. The largest absolute Gasteiger partial charge is 0.573 e. The lowest BCUT2D eigenvalue weighted by Crippen LogP contribution is -2.31. The highest BCUT2D eigenvalue weighted by atomic mass is 32.2. The number of nitrogens with one attached hydrogen (secondary N) is 1. The van der Waals surface area contributed by atoms with E-state index in [9.17, 15) is 22.8 Å². The molecule has 1 fully saturated rings. The number of thioether (sulfide) groups is 1. The molecule has 4 aromatic rings. The number of para-hydroxylation sites is 1. The van der Waals surface area contributed by atoms with Crippen LogP contribution in [0.5, 0.6) is 5.75 Å². The molecule has 0 radical (unpaired) electrons. The SMILES string of the molecule is CCc1ccccc1N1C(=O)CS/C1=N\C(=O)N/C=C(\C)c1ccc(-c2ncn(-c3ccc(OC(F)(F)F)cc3)n2)cc1. The van der Waals surface area contributed by atoms with Gasteiger partial charge in [0.05, 0.1) is 17.1 Å². The number of allylic oxidation sites excluding steroid dienone is 1. The number of amides is 3. The van der Waals surface area contributed by atoms with E-state index in [4.69, 9.17) is 0 Å². The van der Waals surface area contributed by atoms with Gasteiger partial charge < -0.3 is 10.1 Å². The summed E-state index contributed by atoms with van der Waals surface area (Å²) in [6.07, 6.45) is -1.02. The van der Waals surface area contributed by atoms with Gasteiger partial charge in [0.1, 0.15) is 12.1 Å². The number of halogens is 3. The molecular weight excluding hydrogens is 581 g/mol. The van der Waals surface area contributed by atoms with Crippen molar-refractivity contribution in [2.75, 3.05) is 10.7 Å². The number of carbonyl (C=O) groups is 2. The van der Waals surface area contributed by atoms with E-state index in [1.54, 1.807) is 6.20 Å². The molecule has 3 aromatic carbocycles. The molecule has 0 aliphatic carbocycles. The highest BCUT2D eigenvalue weighted by Gasteiger charge is 2.32. The van der Waals surface area contributed by atoms with Gasteiger partial charge in [-0.15, -0.1) is 18.3 Å². The van der Waals surface area contributed by atoms with Gasteiger partial charge in [0.25, 0.3) is 0 Å². The van der Waals surface area contributed by atoms with Crippen molar-refractivity contribution in [3.05, 3.63) is 96.5 Å². The number of aryl methyl sites for hydroxylation is 1. The van der Waals surface area contributed by atoms with Gasteiger partial charge in [-0.25, -0.2) is 14.5 Å². The van der Waals surface area contributed by atoms with Gasteiger partial charge in [0.2, 0.25) is 5.91 Å². The number of rotatable bonds is 7. The van der Waals surface area contributed by atoms with Crippen LogP contribution in [0.15, 0.2) is 90.3 Å². The Labute approximate surface area is 249 Å². The summed E-state index contributed by atoms with van der Waals surface area (Å²) in [6.45, 7) is 3.83. The lowest BCUT2D eigenvalue weighted by Gasteiger charge is -2.19. The van der Waals surface area contributed by atoms with Crippen molar-refractivity contribution >= 4 is 40.1 Å². The number of alkyl halides is 3. The smallest absolute Gasteiger partial charge is 0.406 e. The zero-order chi connectivity index (χ0) is 30.6. The Morgan fingerprint density at radius 3 is 2.51 bits per heavy atom. The Balaban J connectivity index is 1.23. The van der Waals surface area contributed by atoms with Crippen molar-refractivity contribution in [3.63, 3.8) is 0 Å². The molecule has 0 unspecified atom stereocenters. The van der Waals surface area contributed by atoms with Crippen molar-refractivity contribution in [1.29, 1.82) is 0 Å². The fourth-order valence-electron chi connectivity index (χ4n) is 4.28. The molecular formula is C30H25F3N6O3S. The minimum Gasteiger partial charge on any atom is -0.406 e. The fourth-order valence-corrected chi connectivity index (χ4v) is 5.14. The second kappa shape index (κ2) is 12.5. The maximum Gasteiger partial charge on any atom is 0.573 e. The van der Waals surface area contributed by atoms with E-state index in [2.05, 4.69) is 25.1 Å². The summed E-state index contributed by atoms with van der Waals surface area (Å²) in [5, 5.41) is 7.41. The van der Waals surface area contributed by atoms with Crippen molar-refractivity contribution in [2.24, 2.45) is 4.99 Å². The van der Waals surface area contributed by atoms with Gasteiger partial charge in [0, 0.05) is 11.8 Å². The van der Waals surface area contributed by atoms with Crippen LogP contribution >= 0.6 is 11.8 Å². The number of benzene rings is 3. The van der Waals surface area contributed by atoms with E-state index < -0.39 is 12.4 Å². The minimum absolute atomic E-state index is 0.128. The van der Waals surface area contributed by atoms with Gasteiger partial charge in [-0.05, 0) is 60.4 Å². The molecule has 43 heavy (non-hydrogen) atoms. The first-order valence-corrected chi connectivity index (χ1v) is 14.1. The second-order valence-corrected chi connectivity index (χ2v) is 10.2. The number of hydrogen-bond donors (Lipinski definition) is 1. The average Bonchev–Trinajstić information content (AvgIpc) is 3.62. The number of amidine groups is 1. The maximum absolute atomic E-state index is 12.6. The van der Waals surface area contributed by atoms with Crippen LogP contribution in [0, 0.1) is 0 Å². The molecule has 2 heterocycles. The predicted molar refractivity (Wildman–Crippen MR) is 159 cm³/mol. The average molecular weight is 607 g/mol. The Morgan fingerprint density at radius 1 is 1.09 bits per heavy atom. The number of carbonyl (C=O) groups excluding carboxylic acids is 2. The van der Waals surface area contributed by atoms with E-state index in [1.807, 2.05) is 62.4 Å². The van der Waals surface area contributed by atoms with Crippen LogP contribution in [-0.2, 0) is 11.2 Å². The van der Waals surface area contributed by atoms with E-state index in [0.717, 1.165) is 34.4 Å². The van der Waals surface area contributed by atoms with Crippen LogP contribution in [0.1, 0.15) is 25.0 Å². The molecule has 3 amide bonds. The number of aromatic nitrogens is 3. The first-order valence-electron chi connectivity index (χ1n) is 13.1. The molecule has 0 saturated carbocycles. The van der Waals surface area contributed by atoms with E-state index in [0.29, 0.717) is 16.7 Å². The van der Waals surface area contributed by atoms with Crippen molar-refractivity contribution in [1.82, 2.24) is 20.1 Å². The molecule has 13 heteroatoms. The van der Waals surface area contributed by atoms with Crippen LogP contribution in [-0.4, -0.2) is 44.0 Å². The molecule has 1 N–H and O–H groups in total. The number of anilines is 1. The van der Waals surface area contributed by atoms with Crippen LogP contribution in [0.25, 0.3) is 22.6 Å². The summed E-state index contributed by atoms with van der Waals surface area (Å²) in [5.74, 6) is 0.177. The Bertz CT molecular complexity index is 1700. The third-order valence-electron chi connectivity index (χ3n) is 6.41. The van der Waals surface area contributed by atoms with Crippen LogP contribution in [0.4, 0.5) is 23.7 Å². The molecule has 1 aliphatic rings. The second-order valence-electron chi connectivity index (χ2n) is 9.30. The first-order chi connectivity index (χ1) is 20.6. The van der Waals surface area contributed by atoms with E-state index >= 15 is 0 Å². The van der Waals surface area contributed by atoms with Crippen molar-refractivity contribution in [2.45, 2.75) is 26.6 Å². The molecule has 1 aromatic heterocycles. The summed E-state index contributed by atoms with van der Waals surface area (Å²) >= 11 is 1.22. The van der Waals surface area contributed by atoms with Crippen LogP contribution < -0.4 is 15.0 Å². The highest BCUT2D eigenvalue weighted by molar-refractivity contribution is 8.15. The number of hydrogen-bond acceptors (Lipinski definition) is 6. The van der Waals surface area contributed by atoms with Gasteiger partial charge in [-0.3, -0.25) is 9.69 Å². The molecule has 0 bridgehead atoms. The first kappa shape index (κ1) is 29.6. The minimum atomic E-state index is -4.76. The van der Waals surface area contributed by atoms with Gasteiger partial charge >= 0.3 is 12.4 Å². The predicted octanol–water partition coefficient (Wildman–Crippen LogP) is 6.60. The standard InChI is InChI=1S/C30H25F3N6O3S/c1-3-20-6-4-5-7-25(20)39-26(40)17-43-29(39)36-28(41)34-16-19(2)21-8-10-22(11-9-21)27-35-18-38(37-27)23-12-14-24(15-13-23)42-30(31,32)33/h4-16,18H,3,17H2,1-2H3,(H,34,41)/b19-16+,36-29-. The number of nitrogens with zero attached hydrogens (tertiary/aromatic N) is 5. The lowest BCUT2D eigenvalue weighted by atomic mass is 10.1. The summed E-state index contributed by atoms with van der Waals surface area (Å²) in [4.78, 5) is 35.1. The molecule has 1 saturated heterocycles. The third kappa shape index (κ3) is 7.12. The Hall–Kier alpha value is -4.91. The summed E-state index contributed by atoms with van der Waals surface area (Å²) in [6, 6.07) is 19.6. The third-order valence-corrected chi connectivity index (χ3v) is 7.34. The van der Waals surface area contributed by atoms with Gasteiger partial charge in [0.15, 0.2) is 11.0 Å². The van der Waals surface area contributed by atoms with Crippen molar-refractivity contribution in [3.8, 4) is 22.8 Å². The zero-order valence-electron chi connectivity index (χ0n) is 23.0. The summed E-state index contributed by atoms with van der Waals surface area (Å²) in [7, 11) is 0. The molecule has 220 valence electrons. The number of ether oxygens (including phenoxy) is 1. The molecule has 0 spiro atoms. The maximum atomic E-state index is 12.6. The summed E-state index contributed by atoms with van der Waals surface area (Å²) in [5.41, 5.74) is 4.55. The molecule has 0 atom stereocenters. The normalized spacial score (nSPS) is 14.8. The van der Waals surface area contributed by atoms with E-state index in [-0.39, 0.29) is 17.4 Å². The van der Waals surface area contributed by atoms with Crippen LogP contribution in [0.2, 0.25) is 0 Å². The summed E-state index contributed by atoms with van der Waals surface area (Å²) < 4.78 is 42.5. The van der Waals surface area contributed by atoms with E-state index in [1.165, 1.54) is 51.9 Å². The topological polar surface area (TPSA) is 102 Å². The lowest BCUT2D eigenvalue weighted by molar-refractivity contribution is -0.274. The highest BCUT2D eigenvalue weighted by Crippen LogP contribution is 2.30. The molecule has 9 nitrogen and oxygen atoms in total.